The lowest BCUT2D eigenvalue weighted by Gasteiger charge is -2.36. The summed E-state index contributed by atoms with van der Waals surface area (Å²) in [5.41, 5.74) is -1.72. The second kappa shape index (κ2) is 8.54. The highest BCUT2D eigenvalue weighted by Crippen LogP contribution is 2.39. The third-order valence-corrected chi connectivity index (χ3v) is 5.70. The van der Waals surface area contributed by atoms with Gasteiger partial charge in [0.15, 0.2) is 0 Å². The third kappa shape index (κ3) is 4.78. The van der Waals surface area contributed by atoms with Crippen molar-refractivity contribution in [1.29, 1.82) is 0 Å². The van der Waals surface area contributed by atoms with E-state index in [0.717, 1.165) is 17.7 Å². The predicted octanol–water partition coefficient (Wildman–Crippen LogP) is 5.91. The van der Waals surface area contributed by atoms with Crippen molar-refractivity contribution in [2.45, 2.75) is 31.0 Å². The van der Waals surface area contributed by atoms with E-state index in [9.17, 15) is 22.4 Å². The minimum Gasteiger partial charge on any atom is -0.340 e. The number of halogens is 5. The fourth-order valence-electron chi connectivity index (χ4n) is 3.71. The normalized spacial score (nSPS) is 15.8. The monoisotopic (exact) mass is 462 g/mol. The molecule has 2 aromatic carbocycles. The van der Waals surface area contributed by atoms with Crippen LogP contribution in [0.1, 0.15) is 35.2 Å². The van der Waals surface area contributed by atoms with E-state index >= 15 is 0 Å². The molecule has 3 aromatic rings. The van der Waals surface area contributed by atoms with Gasteiger partial charge in [-0.25, -0.2) is 4.39 Å². The Morgan fingerprint density at radius 3 is 2.31 bits per heavy atom. The van der Waals surface area contributed by atoms with Crippen molar-refractivity contribution in [2.24, 2.45) is 5.92 Å². The van der Waals surface area contributed by atoms with Crippen LogP contribution in [0, 0.1) is 11.7 Å². The van der Waals surface area contributed by atoms with Crippen LogP contribution in [0.15, 0.2) is 66.9 Å². The van der Waals surface area contributed by atoms with Gasteiger partial charge in [0, 0.05) is 18.5 Å². The maximum Gasteiger partial charge on any atom is 0.416 e. The number of carbonyl (C=O) groups excluding carboxylic acids is 1. The molecule has 8 heteroatoms. The molecule has 1 atom stereocenters. The molecule has 1 aromatic heterocycles. The van der Waals surface area contributed by atoms with Gasteiger partial charge in [-0.15, -0.1) is 0 Å². The second-order valence-corrected chi connectivity index (χ2v) is 8.36. The SMILES string of the molecule is O=C(N[C@](Cc1ccccc1)(c1cc(F)cc(C(F)(F)F)c1)c1ccc(Cl)cn1)C1CC1. The highest BCUT2D eigenvalue weighted by atomic mass is 35.5. The minimum atomic E-state index is -4.76. The van der Waals surface area contributed by atoms with Gasteiger partial charge in [0.25, 0.3) is 0 Å². The summed E-state index contributed by atoms with van der Waals surface area (Å²) in [4.78, 5) is 17.2. The molecule has 0 radical (unpaired) electrons. The number of aromatic nitrogens is 1. The van der Waals surface area contributed by atoms with Crippen molar-refractivity contribution in [3.8, 4) is 0 Å². The molecule has 1 aliphatic carbocycles. The van der Waals surface area contributed by atoms with Gasteiger partial charge in [0.1, 0.15) is 11.4 Å². The van der Waals surface area contributed by atoms with Crippen LogP contribution in [0.2, 0.25) is 5.02 Å². The summed E-state index contributed by atoms with van der Waals surface area (Å²) in [6.07, 6.45) is -1.95. The number of carbonyl (C=O) groups is 1. The summed E-state index contributed by atoms with van der Waals surface area (Å²) in [5, 5.41) is 3.25. The first-order valence-corrected chi connectivity index (χ1v) is 10.4. The topological polar surface area (TPSA) is 42.0 Å². The van der Waals surface area contributed by atoms with Crippen LogP contribution in [-0.2, 0) is 22.9 Å². The fourth-order valence-corrected chi connectivity index (χ4v) is 3.82. The zero-order valence-electron chi connectivity index (χ0n) is 16.8. The number of hydrogen-bond donors (Lipinski definition) is 1. The minimum absolute atomic E-state index is 0.0440. The van der Waals surface area contributed by atoms with E-state index in [1.54, 1.807) is 30.3 Å². The van der Waals surface area contributed by atoms with E-state index < -0.39 is 23.1 Å². The highest BCUT2D eigenvalue weighted by molar-refractivity contribution is 6.30. The first-order valence-electron chi connectivity index (χ1n) is 10.0. The molecule has 1 heterocycles. The summed E-state index contributed by atoms with van der Waals surface area (Å²) in [7, 11) is 0. The molecule has 1 aliphatic rings. The Morgan fingerprint density at radius 1 is 1.03 bits per heavy atom. The Morgan fingerprint density at radius 2 is 1.72 bits per heavy atom. The van der Waals surface area contributed by atoms with Crippen molar-refractivity contribution in [3.05, 3.63) is 100 Å². The van der Waals surface area contributed by atoms with Crippen LogP contribution in [0.25, 0.3) is 0 Å². The van der Waals surface area contributed by atoms with Gasteiger partial charge in [-0.05, 0) is 54.3 Å². The van der Waals surface area contributed by atoms with Crippen LogP contribution in [-0.4, -0.2) is 10.9 Å². The van der Waals surface area contributed by atoms with E-state index in [-0.39, 0.29) is 29.5 Å². The Bertz CT molecular complexity index is 1120. The number of nitrogens with zero attached hydrogens (tertiary/aromatic N) is 1. The second-order valence-electron chi connectivity index (χ2n) is 7.92. The standard InChI is InChI=1S/C24H19ClF4N2O/c25-19-8-9-21(30-14-19)23(31-22(32)16-6-7-16,13-15-4-2-1-3-5-15)17-10-18(24(27,28)29)12-20(26)11-17/h1-5,8-12,14,16H,6-7,13H2,(H,31,32)/t23-/m1/s1. The van der Waals surface area contributed by atoms with Crippen molar-refractivity contribution in [3.63, 3.8) is 0 Å². The van der Waals surface area contributed by atoms with Gasteiger partial charge in [-0.3, -0.25) is 9.78 Å². The van der Waals surface area contributed by atoms with E-state index in [4.69, 9.17) is 11.6 Å². The van der Waals surface area contributed by atoms with Gasteiger partial charge >= 0.3 is 6.18 Å². The molecule has 166 valence electrons. The number of pyridine rings is 1. The largest absolute Gasteiger partial charge is 0.416 e. The Hall–Kier alpha value is -2.93. The predicted molar refractivity (Wildman–Crippen MR) is 112 cm³/mol. The fraction of sp³-hybridized carbons (Fsp3) is 0.250. The molecule has 1 N–H and O–H groups in total. The van der Waals surface area contributed by atoms with Crippen LogP contribution >= 0.6 is 11.6 Å². The molecule has 3 nitrogen and oxygen atoms in total. The quantitative estimate of drug-likeness (QED) is 0.463. The Labute approximate surface area is 187 Å². The van der Waals surface area contributed by atoms with Crippen LogP contribution in [0.3, 0.4) is 0 Å². The molecule has 1 saturated carbocycles. The van der Waals surface area contributed by atoms with Crippen molar-refractivity contribution < 1.29 is 22.4 Å². The third-order valence-electron chi connectivity index (χ3n) is 5.48. The molecular weight excluding hydrogens is 444 g/mol. The van der Waals surface area contributed by atoms with Crippen molar-refractivity contribution in [1.82, 2.24) is 10.3 Å². The molecule has 0 bridgehead atoms. The molecule has 0 spiro atoms. The zero-order valence-corrected chi connectivity index (χ0v) is 17.6. The maximum absolute atomic E-state index is 14.5. The lowest BCUT2D eigenvalue weighted by atomic mass is 9.79. The number of benzene rings is 2. The molecule has 4 rings (SSSR count). The molecule has 32 heavy (non-hydrogen) atoms. The number of rotatable bonds is 6. The molecule has 0 unspecified atom stereocenters. The van der Waals surface area contributed by atoms with Gasteiger partial charge in [-0.1, -0.05) is 41.9 Å². The number of hydrogen-bond acceptors (Lipinski definition) is 2. The van der Waals surface area contributed by atoms with Crippen molar-refractivity contribution >= 4 is 17.5 Å². The van der Waals surface area contributed by atoms with Gasteiger partial charge < -0.3 is 5.32 Å². The first-order chi connectivity index (χ1) is 15.2. The lowest BCUT2D eigenvalue weighted by Crippen LogP contribution is -2.50. The molecular formula is C24H19ClF4N2O. The van der Waals surface area contributed by atoms with E-state index in [0.29, 0.717) is 23.9 Å². The molecule has 1 amide bonds. The zero-order chi connectivity index (χ0) is 22.9. The van der Waals surface area contributed by atoms with Crippen LogP contribution in [0.5, 0.6) is 0 Å². The Balaban J connectivity index is 1.95. The smallest absolute Gasteiger partial charge is 0.340 e. The number of nitrogens with one attached hydrogen (secondary N) is 1. The molecule has 0 saturated heterocycles. The summed E-state index contributed by atoms with van der Waals surface area (Å²) in [6, 6.07) is 14.4. The number of alkyl halides is 3. The summed E-state index contributed by atoms with van der Waals surface area (Å²) >= 11 is 5.99. The van der Waals surface area contributed by atoms with Gasteiger partial charge in [0.05, 0.1) is 16.3 Å². The van der Waals surface area contributed by atoms with E-state index in [1.165, 1.54) is 18.3 Å². The summed E-state index contributed by atoms with van der Waals surface area (Å²) in [6.45, 7) is 0. The average molecular weight is 463 g/mol. The molecule has 0 aliphatic heterocycles. The first kappa shape index (κ1) is 22.3. The number of amides is 1. The van der Waals surface area contributed by atoms with Crippen LogP contribution in [0.4, 0.5) is 17.6 Å². The average Bonchev–Trinajstić information content (AvgIpc) is 3.59. The van der Waals surface area contributed by atoms with E-state index in [2.05, 4.69) is 10.3 Å². The highest BCUT2D eigenvalue weighted by Gasteiger charge is 2.43. The summed E-state index contributed by atoms with van der Waals surface area (Å²) in [5.74, 6) is -1.59. The van der Waals surface area contributed by atoms with Gasteiger partial charge in [-0.2, -0.15) is 13.2 Å². The summed E-state index contributed by atoms with van der Waals surface area (Å²) < 4.78 is 55.1. The Kier molecular flexibility index (Phi) is 5.95. The lowest BCUT2D eigenvalue weighted by molar-refractivity contribution is -0.137. The molecule has 1 fully saturated rings. The van der Waals surface area contributed by atoms with E-state index in [1.807, 2.05) is 0 Å². The maximum atomic E-state index is 14.5. The van der Waals surface area contributed by atoms with Gasteiger partial charge in [0.2, 0.25) is 5.91 Å². The van der Waals surface area contributed by atoms with Crippen molar-refractivity contribution in [2.75, 3.05) is 0 Å². The van der Waals surface area contributed by atoms with Crippen LogP contribution < -0.4 is 5.32 Å².